The molecular formula is C36H70NO9P. The average molecular weight is 692 g/mol. The molecule has 10 nitrogen and oxygen atoms in total. The van der Waals surface area contributed by atoms with Gasteiger partial charge in [0.25, 0.3) is 0 Å². The second-order valence-electron chi connectivity index (χ2n) is 12.7. The van der Waals surface area contributed by atoms with Crippen LogP contribution in [0.5, 0.6) is 0 Å². The third-order valence-electron chi connectivity index (χ3n) is 8.04. The van der Waals surface area contributed by atoms with Crippen molar-refractivity contribution < 1.29 is 42.7 Å². The third kappa shape index (κ3) is 33.0. The number of carbonyl (C=O) groups is 2. The van der Waals surface area contributed by atoms with Gasteiger partial charge in [0.2, 0.25) is 0 Å². The van der Waals surface area contributed by atoms with E-state index in [0.29, 0.717) is 13.0 Å². The van der Waals surface area contributed by atoms with Crippen LogP contribution in [0.25, 0.3) is 0 Å². The summed E-state index contributed by atoms with van der Waals surface area (Å²) in [5.74, 6) is -1.78. The number of nitrogens with two attached hydrogens (primary N) is 1. The Morgan fingerprint density at radius 2 is 1.11 bits per heavy atom. The number of carboxylic acids is 1. The van der Waals surface area contributed by atoms with Crippen LogP contribution in [0.3, 0.4) is 0 Å². The van der Waals surface area contributed by atoms with Crippen LogP contribution < -0.4 is 5.73 Å². The Hall–Kier alpha value is -1.29. The van der Waals surface area contributed by atoms with E-state index in [1.165, 1.54) is 96.3 Å². The maximum Gasteiger partial charge on any atom is 0.472 e. The summed E-state index contributed by atoms with van der Waals surface area (Å²) in [5, 5.41) is 8.84. The largest absolute Gasteiger partial charge is 0.480 e. The van der Waals surface area contributed by atoms with Crippen molar-refractivity contribution in [3.63, 3.8) is 0 Å². The minimum absolute atomic E-state index is 0.0169. The molecular weight excluding hydrogens is 621 g/mol. The van der Waals surface area contributed by atoms with Gasteiger partial charge >= 0.3 is 19.8 Å². The molecule has 0 aromatic carbocycles. The van der Waals surface area contributed by atoms with Gasteiger partial charge in [0.1, 0.15) is 12.1 Å². The number of carbonyl (C=O) groups excluding carboxylic acids is 1. The lowest BCUT2D eigenvalue weighted by Gasteiger charge is -2.20. The molecule has 0 amide bonds. The highest BCUT2D eigenvalue weighted by molar-refractivity contribution is 7.47. The van der Waals surface area contributed by atoms with E-state index in [2.05, 4.69) is 30.5 Å². The number of hydrogen-bond donors (Lipinski definition) is 3. The summed E-state index contributed by atoms with van der Waals surface area (Å²) in [5.41, 5.74) is 5.32. The van der Waals surface area contributed by atoms with Crippen molar-refractivity contribution in [3.8, 4) is 0 Å². The monoisotopic (exact) mass is 691 g/mol. The molecule has 0 heterocycles. The van der Waals surface area contributed by atoms with E-state index in [0.717, 1.165) is 44.9 Å². The first-order chi connectivity index (χ1) is 22.7. The molecule has 0 aliphatic carbocycles. The number of ether oxygens (including phenoxy) is 2. The predicted octanol–water partition coefficient (Wildman–Crippen LogP) is 9.42. The van der Waals surface area contributed by atoms with Crippen LogP contribution in [0.2, 0.25) is 0 Å². The Labute approximate surface area is 286 Å². The van der Waals surface area contributed by atoms with Crippen molar-refractivity contribution >= 4 is 19.8 Å². The van der Waals surface area contributed by atoms with E-state index >= 15 is 0 Å². The number of hydrogen-bond acceptors (Lipinski definition) is 8. The van der Waals surface area contributed by atoms with Crippen LogP contribution in [0.15, 0.2) is 12.2 Å². The van der Waals surface area contributed by atoms with E-state index in [9.17, 15) is 19.0 Å². The number of phosphoric acid groups is 1. The highest BCUT2D eigenvalue weighted by Crippen LogP contribution is 2.43. The molecule has 0 fully saturated rings. The Morgan fingerprint density at radius 1 is 0.660 bits per heavy atom. The first-order valence-electron chi connectivity index (χ1n) is 18.7. The Morgan fingerprint density at radius 3 is 1.62 bits per heavy atom. The fourth-order valence-corrected chi connectivity index (χ4v) is 5.85. The number of carboxylic acid groups (broad SMARTS) is 1. The van der Waals surface area contributed by atoms with Crippen molar-refractivity contribution in [1.82, 2.24) is 0 Å². The van der Waals surface area contributed by atoms with Crippen molar-refractivity contribution in [3.05, 3.63) is 12.2 Å². The number of esters is 1. The zero-order valence-corrected chi connectivity index (χ0v) is 30.8. The molecule has 0 spiro atoms. The molecule has 0 aliphatic heterocycles. The van der Waals surface area contributed by atoms with Crippen molar-refractivity contribution in [2.24, 2.45) is 5.73 Å². The fraction of sp³-hybridized carbons (Fsp3) is 0.889. The Balaban J connectivity index is 4.22. The van der Waals surface area contributed by atoms with E-state index < -0.39 is 45.1 Å². The molecule has 0 bridgehead atoms. The third-order valence-corrected chi connectivity index (χ3v) is 9.00. The number of rotatable bonds is 36. The van der Waals surface area contributed by atoms with E-state index in [-0.39, 0.29) is 13.0 Å². The number of phosphoric ester groups is 1. The summed E-state index contributed by atoms with van der Waals surface area (Å²) in [6, 6.07) is -1.47. The topological polar surface area (TPSA) is 155 Å². The zero-order valence-electron chi connectivity index (χ0n) is 29.9. The summed E-state index contributed by atoms with van der Waals surface area (Å²) in [7, 11) is -4.60. The summed E-state index contributed by atoms with van der Waals surface area (Å²) < 4.78 is 33.1. The minimum Gasteiger partial charge on any atom is -0.480 e. The zero-order chi connectivity index (χ0) is 34.9. The molecule has 4 N–H and O–H groups in total. The van der Waals surface area contributed by atoms with Gasteiger partial charge < -0.3 is 25.2 Å². The van der Waals surface area contributed by atoms with Gasteiger partial charge in [-0.15, -0.1) is 0 Å². The number of unbranched alkanes of at least 4 members (excludes halogenated alkanes) is 20. The molecule has 0 saturated carbocycles. The van der Waals surface area contributed by atoms with Gasteiger partial charge in [0.05, 0.1) is 19.8 Å². The van der Waals surface area contributed by atoms with Gasteiger partial charge in [0, 0.05) is 13.0 Å². The lowest BCUT2D eigenvalue weighted by molar-refractivity contribution is -0.154. The van der Waals surface area contributed by atoms with Crippen LogP contribution in [0.1, 0.15) is 168 Å². The van der Waals surface area contributed by atoms with Gasteiger partial charge in [0.15, 0.2) is 0 Å². The Bertz CT molecular complexity index is 811. The first kappa shape index (κ1) is 45.7. The molecule has 11 heteroatoms. The molecule has 0 aromatic rings. The molecule has 278 valence electrons. The molecule has 3 unspecified atom stereocenters. The normalized spacial score (nSPS) is 14.3. The SMILES string of the molecule is CCCCCCCCC/C=C\CCCCCCCCOCC(COP(=O)(O)OCC(N)C(=O)O)OC(=O)CCCCCCCCCC. The molecule has 0 saturated heterocycles. The highest BCUT2D eigenvalue weighted by atomic mass is 31.2. The molecule has 0 radical (unpaired) electrons. The lowest BCUT2D eigenvalue weighted by atomic mass is 10.1. The molecule has 0 rings (SSSR count). The summed E-state index contributed by atoms with van der Waals surface area (Å²) in [4.78, 5) is 33.2. The second kappa shape index (κ2) is 33.2. The lowest BCUT2D eigenvalue weighted by Crippen LogP contribution is -2.34. The van der Waals surface area contributed by atoms with Gasteiger partial charge in [-0.1, -0.05) is 135 Å². The van der Waals surface area contributed by atoms with Crippen LogP contribution in [0, 0.1) is 0 Å². The van der Waals surface area contributed by atoms with Gasteiger partial charge in [-0.05, 0) is 38.5 Å². The van der Waals surface area contributed by atoms with Crippen LogP contribution in [0.4, 0.5) is 0 Å². The van der Waals surface area contributed by atoms with Gasteiger partial charge in [-0.25, -0.2) is 4.57 Å². The van der Waals surface area contributed by atoms with Crippen molar-refractivity contribution in [1.29, 1.82) is 0 Å². The minimum atomic E-state index is -4.60. The van der Waals surface area contributed by atoms with Crippen LogP contribution in [-0.4, -0.2) is 60.5 Å². The molecule has 47 heavy (non-hydrogen) atoms. The standard InChI is InChI=1S/C36H70NO9P/c1-3-5-7-9-11-13-14-15-16-17-18-19-20-21-23-25-27-29-43-30-33(31-44-47(41,42)45-32-34(37)36(39)40)46-35(38)28-26-24-22-12-10-8-6-4-2/h16-17,33-34H,3-15,18-32,37H2,1-2H3,(H,39,40)(H,41,42)/b17-16-. The Kier molecular flexibility index (Phi) is 32.3. The summed E-state index contributed by atoms with van der Waals surface area (Å²) in [6.07, 6.45) is 31.4. The second-order valence-corrected chi connectivity index (χ2v) is 14.2. The first-order valence-corrected chi connectivity index (χ1v) is 20.2. The van der Waals surface area contributed by atoms with Crippen molar-refractivity contribution in [2.45, 2.75) is 180 Å². The quantitative estimate of drug-likeness (QED) is 0.0250. The van der Waals surface area contributed by atoms with E-state index in [1.807, 2.05) is 0 Å². The van der Waals surface area contributed by atoms with E-state index in [1.54, 1.807) is 0 Å². The molecule has 0 aliphatic rings. The van der Waals surface area contributed by atoms with Crippen molar-refractivity contribution in [2.75, 3.05) is 26.4 Å². The van der Waals surface area contributed by atoms with E-state index in [4.69, 9.17) is 24.8 Å². The average Bonchev–Trinajstić information content (AvgIpc) is 3.04. The predicted molar refractivity (Wildman–Crippen MR) is 189 cm³/mol. The molecule has 0 aromatic heterocycles. The summed E-state index contributed by atoms with van der Waals surface area (Å²) in [6.45, 7) is 3.82. The van der Waals surface area contributed by atoms with Gasteiger partial charge in [-0.3, -0.25) is 18.6 Å². The van der Waals surface area contributed by atoms with Crippen LogP contribution in [-0.2, 0) is 32.7 Å². The van der Waals surface area contributed by atoms with Gasteiger partial charge in [-0.2, -0.15) is 0 Å². The molecule has 3 atom stereocenters. The number of allylic oxidation sites excluding steroid dienone is 2. The fourth-order valence-electron chi connectivity index (χ4n) is 5.07. The smallest absolute Gasteiger partial charge is 0.472 e. The maximum atomic E-state index is 12.5. The van der Waals surface area contributed by atoms with Crippen LogP contribution >= 0.6 is 7.82 Å². The summed E-state index contributed by atoms with van der Waals surface area (Å²) >= 11 is 0. The highest BCUT2D eigenvalue weighted by Gasteiger charge is 2.27. The number of aliphatic carboxylic acids is 1. The maximum absolute atomic E-state index is 12.5.